The summed E-state index contributed by atoms with van der Waals surface area (Å²) in [6.45, 7) is 0. The number of halogens is 2. The van der Waals surface area contributed by atoms with Crippen LogP contribution in [0.1, 0.15) is 29.6 Å². The van der Waals surface area contributed by atoms with Crippen molar-refractivity contribution in [1.82, 2.24) is 4.90 Å². The Morgan fingerprint density at radius 1 is 1.48 bits per heavy atom. The lowest BCUT2D eigenvalue weighted by molar-refractivity contribution is -0.0714. The molecule has 4 nitrogen and oxygen atoms in total. The second kappa shape index (κ2) is 6.73. The van der Waals surface area contributed by atoms with Gasteiger partial charge in [-0.25, -0.2) is 4.39 Å². The maximum Gasteiger partial charge on any atom is 0.253 e. The van der Waals surface area contributed by atoms with Crippen molar-refractivity contribution < 1.29 is 19.0 Å². The molecule has 1 amide bonds. The summed E-state index contributed by atoms with van der Waals surface area (Å²) in [5.74, 6) is -0.856. The van der Waals surface area contributed by atoms with Gasteiger partial charge in [-0.05, 0) is 37.5 Å². The fourth-order valence-corrected chi connectivity index (χ4v) is 2.96. The molecule has 0 spiro atoms. The average Bonchev–Trinajstić information content (AvgIpc) is 2.49. The van der Waals surface area contributed by atoms with Crippen LogP contribution in [0, 0.1) is 5.82 Å². The molecule has 0 radical (unpaired) electrons. The third-order valence-corrected chi connectivity index (χ3v) is 4.34. The maximum atomic E-state index is 13.2. The fraction of sp³-hybridized carbons (Fsp3) is 0.533. The molecule has 0 saturated heterocycles. The molecule has 2 rings (SSSR count). The Labute approximate surface area is 128 Å². The molecule has 21 heavy (non-hydrogen) atoms. The number of carbonyl (C=O) groups is 1. The Balaban J connectivity index is 2.16. The van der Waals surface area contributed by atoms with Crippen LogP contribution in [0.15, 0.2) is 18.2 Å². The Morgan fingerprint density at radius 3 is 2.81 bits per heavy atom. The smallest absolute Gasteiger partial charge is 0.253 e. The van der Waals surface area contributed by atoms with E-state index in [1.807, 2.05) is 0 Å². The van der Waals surface area contributed by atoms with E-state index < -0.39 is 11.9 Å². The van der Waals surface area contributed by atoms with Crippen LogP contribution in [0.3, 0.4) is 0 Å². The summed E-state index contributed by atoms with van der Waals surface area (Å²) in [4.78, 5) is 13.9. The van der Waals surface area contributed by atoms with Gasteiger partial charge in [0, 0.05) is 19.7 Å². The first-order valence-corrected chi connectivity index (χ1v) is 7.26. The molecule has 0 aromatic heterocycles. The number of methoxy groups -OCH3 is 1. The molecule has 0 bridgehead atoms. The lowest BCUT2D eigenvalue weighted by Crippen LogP contribution is -2.52. The van der Waals surface area contributed by atoms with Crippen LogP contribution in [0.4, 0.5) is 4.39 Å². The predicted molar refractivity (Wildman–Crippen MR) is 77.9 cm³/mol. The highest BCUT2D eigenvalue weighted by Crippen LogP contribution is 2.26. The van der Waals surface area contributed by atoms with Crippen molar-refractivity contribution in [3.63, 3.8) is 0 Å². The van der Waals surface area contributed by atoms with Crippen LogP contribution in [0.25, 0.3) is 0 Å². The Morgan fingerprint density at radius 2 is 2.19 bits per heavy atom. The highest BCUT2D eigenvalue weighted by molar-refractivity contribution is 6.31. The van der Waals surface area contributed by atoms with E-state index in [-0.39, 0.29) is 23.1 Å². The van der Waals surface area contributed by atoms with Crippen LogP contribution in [0.5, 0.6) is 0 Å². The van der Waals surface area contributed by atoms with E-state index in [1.165, 1.54) is 23.1 Å². The second-order valence-electron chi connectivity index (χ2n) is 5.31. The minimum Gasteiger partial charge on any atom is -0.388 e. The van der Waals surface area contributed by atoms with Crippen molar-refractivity contribution >= 4 is 17.5 Å². The van der Waals surface area contributed by atoms with Crippen molar-refractivity contribution in [2.45, 2.75) is 37.5 Å². The number of hydrogen-bond acceptors (Lipinski definition) is 3. The van der Waals surface area contributed by atoms with Gasteiger partial charge < -0.3 is 14.7 Å². The molecule has 1 aliphatic carbocycles. The van der Waals surface area contributed by atoms with Crippen LogP contribution in [-0.4, -0.2) is 48.3 Å². The lowest BCUT2D eigenvalue weighted by Gasteiger charge is -2.39. The number of aliphatic hydroxyl groups excluding tert-OH is 1. The van der Waals surface area contributed by atoms with Gasteiger partial charge in [0.15, 0.2) is 0 Å². The largest absolute Gasteiger partial charge is 0.388 e. The van der Waals surface area contributed by atoms with Crippen LogP contribution < -0.4 is 0 Å². The summed E-state index contributed by atoms with van der Waals surface area (Å²) in [7, 11) is 3.18. The van der Waals surface area contributed by atoms with Gasteiger partial charge in [0.05, 0.1) is 17.2 Å². The van der Waals surface area contributed by atoms with Gasteiger partial charge in [-0.15, -0.1) is 0 Å². The molecule has 6 heteroatoms. The van der Waals surface area contributed by atoms with E-state index in [4.69, 9.17) is 16.3 Å². The SMILES string of the molecule is CO[C@@H]1CCC[C@@H](N(C)C(=O)c2ccc(F)c(Cl)c2)[C@H]1O. The predicted octanol–water partition coefficient (Wildman–Crippen LogP) is 2.48. The van der Waals surface area contributed by atoms with Gasteiger partial charge in [0.25, 0.3) is 5.91 Å². The second-order valence-corrected chi connectivity index (χ2v) is 5.72. The Kier molecular flexibility index (Phi) is 5.19. The molecule has 1 saturated carbocycles. The molecule has 1 N–H and O–H groups in total. The first-order valence-electron chi connectivity index (χ1n) is 6.88. The summed E-state index contributed by atoms with van der Waals surface area (Å²) < 4.78 is 18.4. The van der Waals surface area contributed by atoms with Crippen LogP contribution in [0.2, 0.25) is 5.02 Å². The van der Waals surface area contributed by atoms with Gasteiger partial charge >= 0.3 is 0 Å². The molecule has 0 unspecified atom stereocenters. The zero-order chi connectivity index (χ0) is 15.6. The molecule has 0 aliphatic heterocycles. The highest BCUT2D eigenvalue weighted by atomic mass is 35.5. The third-order valence-electron chi connectivity index (χ3n) is 4.05. The normalized spacial score (nSPS) is 25.7. The number of rotatable bonds is 3. The van der Waals surface area contributed by atoms with Crippen molar-refractivity contribution in [2.75, 3.05) is 14.2 Å². The summed E-state index contributed by atoms with van der Waals surface area (Å²) in [5.41, 5.74) is 0.302. The van der Waals surface area contributed by atoms with E-state index >= 15 is 0 Å². The lowest BCUT2D eigenvalue weighted by atomic mass is 9.88. The van der Waals surface area contributed by atoms with E-state index in [1.54, 1.807) is 14.2 Å². The van der Waals surface area contributed by atoms with Crippen molar-refractivity contribution in [3.05, 3.63) is 34.6 Å². The van der Waals surface area contributed by atoms with Crippen molar-refractivity contribution in [1.29, 1.82) is 0 Å². The average molecular weight is 316 g/mol. The maximum absolute atomic E-state index is 13.2. The number of ether oxygens (including phenoxy) is 1. The van der Waals surface area contributed by atoms with Gasteiger partial charge in [0.1, 0.15) is 11.9 Å². The number of amides is 1. The number of hydrogen-bond donors (Lipinski definition) is 1. The number of aliphatic hydroxyl groups is 1. The number of likely N-dealkylation sites (N-methyl/N-ethyl adjacent to an activating group) is 1. The van der Waals surface area contributed by atoms with Crippen LogP contribution >= 0.6 is 11.6 Å². The van der Waals surface area contributed by atoms with Crippen LogP contribution in [-0.2, 0) is 4.74 Å². The molecule has 3 atom stereocenters. The Bertz CT molecular complexity index is 526. The van der Waals surface area contributed by atoms with Gasteiger partial charge in [-0.3, -0.25) is 4.79 Å². The molecule has 1 aromatic rings. The summed E-state index contributed by atoms with van der Waals surface area (Å²) in [6, 6.07) is 3.54. The van der Waals surface area contributed by atoms with E-state index in [9.17, 15) is 14.3 Å². The zero-order valence-electron chi connectivity index (χ0n) is 12.1. The number of benzene rings is 1. The monoisotopic (exact) mass is 315 g/mol. The highest BCUT2D eigenvalue weighted by Gasteiger charge is 2.36. The van der Waals surface area contributed by atoms with Gasteiger partial charge in [-0.2, -0.15) is 0 Å². The number of nitrogens with zero attached hydrogens (tertiary/aromatic N) is 1. The zero-order valence-corrected chi connectivity index (χ0v) is 12.8. The topological polar surface area (TPSA) is 49.8 Å². The number of carbonyl (C=O) groups excluding carboxylic acids is 1. The summed E-state index contributed by atoms with van der Waals surface area (Å²) >= 11 is 5.71. The van der Waals surface area contributed by atoms with E-state index in [2.05, 4.69) is 0 Å². The molecule has 1 fully saturated rings. The third kappa shape index (κ3) is 3.36. The minimum atomic E-state index is -0.728. The molecule has 1 aromatic carbocycles. The summed E-state index contributed by atoms with van der Waals surface area (Å²) in [5, 5.41) is 10.2. The minimum absolute atomic E-state index is 0.0896. The molecule has 0 heterocycles. The first kappa shape index (κ1) is 16.2. The fourth-order valence-electron chi connectivity index (χ4n) is 2.78. The summed E-state index contributed by atoms with van der Waals surface area (Å²) in [6.07, 6.45) is 1.36. The van der Waals surface area contributed by atoms with Crippen molar-refractivity contribution in [3.8, 4) is 0 Å². The molecule has 1 aliphatic rings. The van der Waals surface area contributed by atoms with Gasteiger partial charge in [-0.1, -0.05) is 11.6 Å². The first-order chi connectivity index (χ1) is 9.95. The molecule has 116 valence electrons. The van der Waals surface area contributed by atoms with Crippen molar-refractivity contribution in [2.24, 2.45) is 0 Å². The molecular weight excluding hydrogens is 297 g/mol. The standard InChI is InChI=1S/C15H19ClFNO3/c1-18(12-4-3-5-13(21-2)14(12)19)15(20)9-6-7-11(17)10(16)8-9/h6-8,12-14,19H,3-5H2,1-2H3/t12-,13-,14-/m1/s1. The van der Waals surface area contributed by atoms with E-state index in [0.717, 1.165) is 12.8 Å². The Hall–Kier alpha value is -1.17. The van der Waals surface area contributed by atoms with E-state index in [0.29, 0.717) is 12.0 Å². The quantitative estimate of drug-likeness (QED) is 0.932. The van der Waals surface area contributed by atoms with Gasteiger partial charge in [0.2, 0.25) is 0 Å². The molecular formula is C15H19ClFNO3.